The molecule has 6 rings (SSSR count). The van der Waals surface area contributed by atoms with E-state index in [4.69, 9.17) is 24.7 Å². The second-order valence-electron chi connectivity index (χ2n) is 26.0. The number of nitrogens with one attached hydrogen (secondary N) is 2. The van der Waals surface area contributed by atoms with E-state index in [-0.39, 0.29) is 92.5 Å². The van der Waals surface area contributed by atoms with Gasteiger partial charge in [0.1, 0.15) is 24.9 Å². The predicted molar refractivity (Wildman–Crippen MR) is 319 cm³/mol. The monoisotopic (exact) mass is 1200 g/mol. The van der Waals surface area contributed by atoms with Crippen LogP contribution in [0.1, 0.15) is 203 Å². The van der Waals surface area contributed by atoms with Gasteiger partial charge >= 0.3 is 18.1 Å². The van der Waals surface area contributed by atoms with Crippen molar-refractivity contribution >= 4 is 64.9 Å². The second kappa shape index (κ2) is 30.1. The van der Waals surface area contributed by atoms with Crippen molar-refractivity contribution in [2.75, 3.05) is 18.5 Å². The van der Waals surface area contributed by atoms with Crippen LogP contribution in [0.15, 0.2) is 47.6 Å². The van der Waals surface area contributed by atoms with E-state index < -0.39 is 106 Å². The van der Waals surface area contributed by atoms with Gasteiger partial charge in [0.2, 0.25) is 29.5 Å². The van der Waals surface area contributed by atoms with Crippen molar-refractivity contribution in [2.45, 2.75) is 233 Å². The highest BCUT2D eigenvalue weighted by atomic mass is 16.7. The Kier molecular flexibility index (Phi) is 24.1. The van der Waals surface area contributed by atoms with Gasteiger partial charge in [-0.1, -0.05) is 137 Å². The molecule has 0 radical (unpaired) electrons. The summed E-state index contributed by atoms with van der Waals surface area (Å²) in [4.78, 5) is 132. The molecule has 1 aliphatic heterocycles. The number of carbonyl (C=O) groups is 10. The number of Topliss-reactive ketones (excluding diaryl/α,β-unsaturated/α-hetero) is 2. The molecule has 86 heavy (non-hydrogen) atoms. The van der Waals surface area contributed by atoms with E-state index in [0.29, 0.717) is 61.9 Å². The molecule has 1 aromatic carbocycles. The summed E-state index contributed by atoms with van der Waals surface area (Å²) in [5.74, 6) is -8.77. The van der Waals surface area contributed by atoms with Crippen LogP contribution in [0.3, 0.4) is 0 Å². The summed E-state index contributed by atoms with van der Waals surface area (Å²) in [6.45, 7) is 15.4. The molecule has 476 valence electrons. The highest BCUT2D eigenvalue weighted by Crippen LogP contribution is 2.77. The van der Waals surface area contributed by atoms with Gasteiger partial charge in [0.15, 0.2) is 17.2 Å². The number of primary amides is 1. The number of imide groups is 1. The van der Waals surface area contributed by atoms with Crippen molar-refractivity contribution in [3.8, 4) is 0 Å². The third-order valence-corrected chi connectivity index (χ3v) is 18.9. The first kappa shape index (κ1) is 68.8. The van der Waals surface area contributed by atoms with Crippen LogP contribution in [-0.2, 0) is 68.7 Å². The van der Waals surface area contributed by atoms with E-state index >= 15 is 0 Å². The first-order chi connectivity index (χ1) is 40.6. The van der Waals surface area contributed by atoms with Crippen molar-refractivity contribution in [3.05, 3.63) is 53.1 Å². The molecule has 1 heterocycles. The van der Waals surface area contributed by atoms with E-state index in [1.165, 1.54) is 37.5 Å². The average Bonchev–Trinajstić information content (AvgIpc) is 1.47. The van der Waals surface area contributed by atoms with Gasteiger partial charge in [-0.15, -0.1) is 0 Å². The van der Waals surface area contributed by atoms with Crippen molar-refractivity contribution in [3.63, 3.8) is 0 Å². The number of fused-ring (bicyclic) bond motifs is 5. The minimum atomic E-state index is -2.16. The molecule has 5 aliphatic rings. The molecular weight excluding hydrogens is 1100 g/mol. The van der Waals surface area contributed by atoms with Gasteiger partial charge in [0.25, 0.3) is 0 Å². The molecule has 4 aliphatic carbocycles. The number of benzene rings is 1. The number of hydrogen-bond donors (Lipinski definition) is 5. The molecule has 11 atom stereocenters. The number of likely N-dealkylation sites (tertiary alicyclic amines) is 1. The number of nitrogens with zero attached hydrogens (tertiary/aromatic N) is 1. The summed E-state index contributed by atoms with van der Waals surface area (Å²) >= 11 is 0. The lowest BCUT2D eigenvalue weighted by atomic mass is 9.59. The summed E-state index contributed by atoms with van der Waals surface area (Å²) in [5.41, 5.74) is 0.510. The van der Waals surface area contributed by atoms with E-state index in [9.17, 15) is 58.2 Å². The SMILES string of the molecule is CCCCCCCCCCCC(=O)O[C@H]1[C@H](C)[C@]2(O)[C@H](C=C(COC(=O)OCc3ccc(NC(=O)[C@H](CCCCC(N)=O)CC(=O)[C@@H](NC(=O)CCCCCN4C(=O)CC(C)C4=O)C(C)C)cc3)C[C@@]3(O)C(=O)C(C)=C[C@H]23)[C@H]2C(C)(C)[C@@]12OC(C)=O. The maximum atomic E-state index is 14.0. The quantitative estimate of drug-likeness (QED) is 0.0141. The first-order valence-corrected chi connectivity index (χ1v) is 31.5. The molecule has 20 nitrogen and oxygen atoms in total. The molecule has 6 N–H and O–H groups in total. The third kappa shape index (κ3) is 16.1. The molecule has 0 bridgehead atoms. The Morgan fingerprint density at radius 1 is 0.802 bits per heavy atom. The number of anilines is 1. The molecule has 1 aromatic rings. The fourth-order valence-corrected chi connectivity index (χ4v) is 14.2. The minimum absolute atomic E-state index is 0.109. The van der Waals surface area contributed by atoms with Crippen LogP contribution in [0.4, 0.5) is 10.5 Å². The number of ether oxygens (including phenoxy) is 4. The average molecular weight is 1200 g/mol. The number of hydrogen-bond acceptors (Lipinski definition) is 16. The zero-order chi connectivity index (χ0) is 63.3. The number of ketones is 2. The zero-order valence-corrected chi connectivity index (χ0v) is 52.3. The fraction of sp³-hybridized carbons (Fsp3) is 0.697. The van der Waals surface area contributed by atoms with E-state index in [1.807, 2.05) is 13.8 Å². The Labute approximate surface area is 507 Å². The number of aliphatic hydroxyl groups is 2. The van der Waals surface area contributed by atoms with Crippen molar-refractivity contribution in [2.24, 2.45) is 52.6 Å². The fourth-order valence-electron chi connectivity index (χ4n) is 14.2. The number of esters is 2. The van der Waals surface area contributed by atoms with Gasteiger partial charge in [-0.2, -0.15) is 0 Å². The maximum absolute atomic E-state index is 14.0. The topological polar surface area (TPSA) is 301 Å². The molecular formula is C66H96N4O16. The molecule has 1 unspecified atom stereocenters. The Morgan fingerprint density at radius 2 is 1.42 bits per heavy atom. The van der Waals surface area contributed by atoms with E-state index in [2.05, 4.69) is 17.6 Å². The van der Waals surface area contributed by atoms with Gasteiger partial charge in [-0.3, -0.25) is 48.1 Å². The Balaban J connectivity index is 1.06. The Hall–Kier alpha value is -6.28. The highest BCUT2D eigenvalue weighted by Gasteiger charge is 2.88. The molecule has 0 spiro atoms. The molecule has 2 saturated carbocycles. The van der Waals surface area contributed by atoms with Gasteiger partial charge in [0, 0.05) is 98.6 Å². The zero-order valence-electron chi connectivity index (χ0n) is 52.3. The number of nitrogens with two attached hydrogens (primary N) is 1. The van der Waals surface area contributed by atoms with Crippen LogP contribution in [0.2, 0.25) is 0 Å². The van der Waals surface area contributed by atoms with Crippen LogP contribution in [0.5, 0.6) is 0 Å². The number of unbranched alkanes of at least 4 members (excludes halogenated alkanes) is 11. The lowest BCUT2D eigenvalue weighted by Gasteiger charge is -2.53. The highest BCUT2D eigenvalue weighted by molar-refractivity contribution is 6.05. The van der Waals surface area contributed by atoms with Crippen LogP contribution >= 0.6 is 0 Å². The van der Waals surface area contributed by atoms with Gasteiger partial charge < -0.3 is 45.5 Å². The maximum Gasteiger partial charge on any atom is 0.508 e. The number of amides is 5. The summed E-state index contributed by atoms with van der Waals surface area (Å²) in [7, 11) is 0. The lowest BCUT2D eigenvalue weighted by Crippen LogP contribution is -2.66. The molecule has 20 heteroatoms. The first-order valence-electron chi connectivity index (χ1n) is 31.5. The van der Waals surface area contributed by atoms with Crippen LogP contribution in [0, 0.1) is 46.8 Å². The minimum Gasteiger partial charge on any atom is -0.458 e. The molecule has 1 saturated heterocycles. The van der Waals surface area contributed by atoms with Crippen molar-refractivity contribution < 1.29 is 77.1 Å². The smallest absolute Gasteiger partial charge is 0.458 e. The van der Waals surface area contributed by atoms with Crippen molar-refractivity contribution in [1.29, 1.82) is 0 Å². The summed E-state index contributed by atoms with van der Waals surface area (Å²) < 4.78 is 23.7. The summed E-state index contributed by atoms with van der Waals surface area (Å²) in [6, 6.07) is 5.56. The van der Waals surface area contributed by atoms with Crippen LogP contribution in [-0.4, -0.2) is 116 Å². The van der Waals surface area contributed by atoms with Gasteiger partial charge in [-0.05, 0) is 73.8 Å². The van der Waals surface area contributed by atoms with Crippen molar-refractivity contribution in [1.82, 2.24) is 10.2 Å². The lowest BCUT2D eigenvalue weighted by molar-refractivity contribution is -0.228. The predicted octanol–water partition coefficient (Wildman–Crippen LogP) is 8.99. The molecule has 5 amide bonds. The van der Waals surface area contributed by atoms with E-state index in [0.717, 1.165) is 25.7 Å². The largest absolute Gasteiger partial charge is 0.508 e. The van der Waals surface area contributed by atoms with E-state index in [1.54, 1.807) is 71.0 Å². The summed E-state index contributed by atoms with van der Waals surface area (Å²) in [6.07, 6.45) is 13.4. The normalized spacial score (nSPS) is 26.9. The van der Waals surface area contributed by atoms with Crippen LogP contribution in [0.25, 0.3) is 0 Å². The molecule has 0 aromatic heterocycles. The number of rotatable bonds is 34. The van der Waals surface area contributed by atoms with Gasteiger partial charge in [-0.25, -0.2) is 4.79 Å². The standard InChI is InChI=1S/C66H96N4O16/c1-10-11-12-13-14-15-16-17-20-27-55(76)85-59-43(6)65(82)49(57-63(8,9)66(57,59)86-44(7)71)35-46(37-64(81)51(65)33-41(4)58(64)77)39-84-62(80)83-38-45-28-30-48(31-29-45)68-60(78)47(24-21-22-25-52(67)73)36-50(72)56(40(2)3)69-53(74)26-19-18-23-32-70-54(75)34-42(5)61(70)79/h28-31,33,35,40,42-43,47,49,51,56-57,59,81-82H,10-27,32,34,36-39H2,1-9H3,(H2,67,73)(H,68,78)(H,69,74)/t42?,43-,47+,49+,51-,56-,57-,59-,64-,65-,66-/m0/s1. The third-order valence-electron chi connectivity index (χ3n) is 18.9. The van der Waals surface area contributed by atoms with Crippen LogP contribution < -0.4 is 16.4 Å². The molecule has 3 fully saturated rings. The van der Waals surface area contributed by atoms with Gasteiger partial charge in [0.05, 0.1) is 11.6 Å². The second-order valence-corrected chi connectivity index (χ2v) is 26.0. The number of carbonyl (C=O) groups excluding carboxylic acids is 10. The Bertz CT molecular complexity index is 2720. The Morgan fingerprint density at radius 3 is 2.03 bits per heavy atom. The summed E-state index contributed by atoms with van der Waals surface area (Å²) in [5, 5.41) is 31.5.